The summed E-state index contributed by atoms with van der Waals surface area (Å²) in [5, 5.41) is 0. The molecule has 1 aliphatic heterocycles. The van der Waals surface area contributed by atoms with Gasteiger partial charge in [0.2, 0.25) is 0 Å². The number of hydrogen-bond donors (Lipinski definition) is 2. The molecule has 0 radical (unpaired) electrons. The zero-order chi connectivity index (χ0) is 15.5. The van der Waals surface area contributed by atoms with Crippen LogP contribution >= 0.6 is 95.2 Å². The van der Waals surface area contributed by atoms with Crippen molar-refractivity contribution in [3.05, 3.63) is 0 Å². The Morgan fingerprint density at radius 2 is 1.45 bits per heavy atom. The van der Waals surface area contributed by atoms with E-state index in [0.717, 1.165) is 11.5 Å². The smallest absolute Gasteiger partial charge is 0.165 e. The monoisotopic (exact) mass is 438 g/mol. The average molecular weight is 440 g/mol. The first kappa shape index (κ1) is 27.1. The molecule has 20 heavy (non-hydrogen) atoms. The van der Waals surface area contributed by atoms with Gasteiger partial charge in [0.05, 0.1) is 4.08 Å². The average Bonchev–Trinajstić information content (AvgIpc) is 2.78. The standard InChI is InChI=1S/C5H8Cl2S2.C3H4Cl2O.C2H6S2.CH4/c1-5(4(6)7)8-2-3-9-5;1-2(6)3(4)5;3-1-2-4;/h4H,2-3H2,1H3;3H,1H3;3-4H,1-2H2;1H4. The molecule has 1 aliphatic rings. The molecular formula is C11H22Cl4OS4. The third-order valence-corrected chi connectivity index (χ3v) is 7.87. The zero-order valence-corrected chi connectivity index (χ0v) is 17.1. The molecule has 9 heteroatoms. The number of rotatable bonds is 3. The van der Waals surface area contributed by atoms with Gasteiger partial charge in [-0.1, -0.05) is 30.6 Å². The van der Waals surface area contributed by atoms with Crippen LogP contribution in [0, 0.1) is 0 Å². The van der Waals surface area contributed by atoms with Crippen LogP contribution in [0.5, 0.6) is 0 Å². The molecule has 0 aromatic rings. The molecule has 124 valence electrons. The van der Waals surface area contributed by atoms with Crippen LogP contribution in [0.15, 0.2) is 0 Å². The largest absolute Gasteiger partial charge is 0.297 e. The molecule has 0 spiro atoms. The lowest BCUT2D eigenvalue weighted by Crippen LogP contribution is -2.20. The maximum atomic E-state index is 9.88. The second-order valence-electron chi connectivity index (χ2n) is 3.37. The van der Waals surface area contributed by atoms with E-state index < -0.39 is 4.84 Å². The van der Waals surface area contributed by atoms with Gasteiger partial charge in [-0.25, -0.2) is 0 Å². The molecular weight excluding hydrogens is 418 g/mol. The molecule has 0 aliphatic carbocycles. The summed E-state index contributed by atoms with van der Waals surface area (Å²) in [6.45, 7) is 3.44. The van der Waals surface area contributed by atoms with Crippen molar-refractivity contribution in [2.24, 2.45) is 0 Å². The first-order valence-electron chi connectivity index (χ1n) is 5.27. The van der Waals surface area contributed by atoms with Crippen LogP contribution in [-0.2, 0) is 4.79 Å². The van der Waals surface area contributed by atoms with Crippen molar-refractivity contribution < 1.29 is 4.79 Å². The summed E-state index contributed by atoms with van der Waals surface area (Å²) in [7, 11) is 0. The summed E-state index contributed by atoms with van der Waals surface area (Å²) in [6, 6.07) is 0. The number of hydrogen-bond acceptors (Lipinski definition) is 5. The summed E-state index contributed by atoms with van der Waals surface area (Å²) in [4.78, 5) is 8.80. The van der Waals surface area contributed by atoms with E-state index in [1.54, 1.807) is 0 Å². The predicted octanol–water partition coefficient (Wildman–Crippen LogP) is 5.85. The van der Waals surface area contributed by atoms with Crippen molar-refractivity contribution in [1.82, 2.24) is 0 Å². The molecule has 1 heterocycles. The third kappa shape index (κ3) is 15.1. The van der Waals surface area contributed by atoms with Crippen LogP contribution < -0.4 is 0 Å². The number of halogens is 4. The lowest BCUT2D eigenvalue weighted by Gasteiger charge is -2.22. The van der Waals surface area contributed by atoms with E-state index >= 15 is 0 Å². The second kappa shape index (κ2) is 16.1. The Kier molecular flexibility index (Phi) is 21.8. The molecule has 0 atom stereocenters. The van der Waals surface area contributed by atoms with Gasteiger partial charge in [-0.15, -0.1) is 46.7 Å². The highest BCUT2D eigenvalue weighted by molar-refractivity contribution is 8.21. The maximum Gasteiger partial charge on any atom is 0.165 e. The van der Waals surface area contributed by atoms with Crippen molar-refractivity contribution in [3.63, 3.8) is 0 Å². The Bertz CT molecular complexity index is 234. The molecule has 0 unspecified atom stereocenters. The van der Waals surface area contributed by atoms with Gasteiger partial charge in [0.25, 0.3) is 0 Å². The maximum absolute atomic E-state index is 9.88. The summed E-state index contributed by atoms with van der Waals surface area (Å²) < 4.78 is 0.0586. The predicted molar refractivity (Wildman–Crippen MR) is 109 cm³/mol. The molecule has 1 fully saturated rings. The lowest BCUT2D eigenvalue weighted by atomic mass is 10.5. The topological polar surface area (TPSA) is 17.1 Å². The summed E-state index contributed by atoms with van der Waals surface area (Å²) in [5.74, 6) is 3.90. The van der Waals surface area contributed by atoms with Gasteiger partial charge >= 0.3 is 0 Å². The van der Waals surface area contributed by atoms with E-state index in [2.05, 4.69) is 32.2 Å². The molecule has 1 rings (SSSR count). The van der Waals surface area contributed by atoms with E-state index in [4.69, 9.17) is 46.4 Å². The molecule has 0 bridgehead atoms. The third-order valence-electron chi connectivity index (χ3n) is 1.66. The Morgan fingerprint density at radius 1 is 1.15 bits per heavy atom. The molecule has 0 aromatic heterocycles. The van der Waals surface area contributed by atoms with Gasteiger partial charge < -0.3 is 0 Å². The summed E-state index contributed by atoms with van der Waals surface area (Å²) in [5.41, 5.74) is 0. The van der Waals surface area contributed by atoms with Crippen LogP contribution in [0.3, 0.4) is 0 Å². The number of alkyl halides is 4. The Morgan fingerprint density at radius 3 is 1.55 bits per heavy atom. The van der Waals surface area contributed by atoms with Crippen molar-refractivity contribution >= 4 is 101 Å². The first-order chi connectivity index (χ1) is 8.71. The molecule has 0 aromatic carbocycles. The molecule has 0 saturated carbocycles. The minimum atomic E-state index is -0.843. The van der Waals surface area contributed by atoms with Crippen LogP contribution in [-0.4, -0.2) is 42.5 Å². The van der Waals surface area contributed by atoms with E-state index in [0.29, 0.717) is 0 Å². The van der Waals surface area contributed by atoms with E-state index in [1.165, 1.54) is 18.4 Å². The quantitative estimate of drug-likeness (QED) is 0.424. The number of ketones is 1. The molecule has 1 saturated heterocycles. The van der Waals surface area contributed by atoms with Crippen LogP contribution in [0.1, 0.15) is 21.3 Å². The van der Waals surface area contributed by atoms with E-state index in [9.17, 15) is 4.79 Å². The van der Waals surface area contributed by atoms with Gasteiger partial charge in [-0.2, -0.15) is 25.3 Å². The van der Waals surface area contributed by atoms with Crippen molar-refractivity contribution in [2.75, 3.05) is 23.0 Å². The van der Waals surface area contributed by atoms with Crippen LogP contribution in [0.2, 0.25) is 0 Å². The van der Waals surface area contributed by atoms with Gasteiger partial charge in [0.1, 0.15) is 4.84 Å². The number of Topliss-reactive ketones (excluding diaryl/α,β-unsaturated/α-hetero) is 1. The zero-order valence-electron chi connectivity index (χ0n) is 10.6. The Hall–Kier alpha value is 2.23. The first-order valence-corrected chi connectivity index (χ1v) is 10.3. The highest BCUT2D eigenvalue weighted by Crippen LogP contribution is 2.48. The molecule has 0 N–H and O–H groups in total. The SMILES string of the molecule is C.CC(=O)C(Cl)Cl.CC1(C(Cl)Cl)SCCS1.SCCS. The Balaban J connectivity index is -0.000000232. The number of carbonyl (C=O) groups excluding carboxylic acids is 1. The van der Waals surface area contributed by atoms with Crippen LogP contribution in [0.25, 0.3) is 0 Å². The van der Waals surface area contributed by atoms with Crippen molar-refractivity contribution in [1.29, 1.82) is 0 Å². The van der Waals surface area contributed by atoms with E-state index in [-0.39, 0.29) is 22.1 Å². The lowest BCUT2D eigenvalue weighted by molar-refractivity contribution is -0.115. The minimum absolute atomic E-state index is 0. The Labute approximate surface area is 162 Å². The fourth-order valence-electron chi connectivity index (χ4n) is 0.656. The molecule has 0 amide bonds. The van der Waals surface area contributed by atoms with Gasteiger partial charge in [0.15, 0.2) is 10.6 Å². The summed E-state index contributed by atoms with van der Waals surface area (Å²) >= 11 is 32.9. The normalized spacial score (nSPS) is 15.7. The highest BCUT2D eigenvalue weighted by atomic mass is 35.5. The van der Waals surface area contributed by atoms with Crippen molar-refractivity contribution in [3.8, 4) is 0 Å². The highest BCUT2D eigenvalue weighted by Gasteiger charge is 2.36. The number of thioether (sulfide) groups is 2. The van der Waals surface area contributed by atoms with Gasteiger partial charge in [0, 0.05) is 11.5 Å². The fraction of sp³-hybridized carbons (Fsp3) is 0.909. The summed E-state index contributed by atoms with van der Waals surface area (Å²) in [6.07, 6.45) is 0. The van der Waals surface area contributed by atoms with E-state index in [1.807, 2.05) is 23.5 Å². The second-order valence-corrected chi connectivity index (χ2v) is 9.81. The van der Waals surface area contributed by atoms with Crippen molar-refractivity contribution in [2.45, 2.75) is 35.0 Å². The van der Waals surface area contributed by atoms with Gasteiger partial charge in [-0.05, 0) is 25.4 Å². The molecule has 1 nitrogen and oxygen atoms in total. The minimum Gasteiger partial charge on any atom is -0.297 e. The van der Waals surface area contributed by atoms with Crippen LogP contribution in [0.4, 0.5) is 0 Å². The fourth-order valence-corrected chi connectivity index (χ4v) is 3.97. The number of thiol groups is 2. The van der Waals surface area contributed by atoms with Gasteiger partial charge in [-0.3, -0.25) is 4.79 Å². The number of carbonyl (C=O) groups is 1.